The smallest absolute Gasteiger partial charge is 0.127 e. The summed E-state index contributed by atoms with van der Waals surface area (Å²) < 4.78 is 11.4. The van der Waals surface area contributed by atoms with E-state index < -0.39 is 6.10 Å². The van der Waals surface area contributed by atoms with E-state index in [1.807, 2.05) is 12.1 Å². The number of hydrogen-bond donors (Lipinski definition) is 2. The van der Waals surface area contributed by atoms with E-state index in [0.717, 1.165) is 49.8 Å². The van der Waals surface area contributed by atoms with Gasteiger partial charge >= 0.3 is 0 Å². The van der Waals surface area contributed by atoms with E-state index >= 15 is 0 Å². The van der Waals surface area contributed by atoms with Gasteiger partial charge in [-0.05, 0) is 26.0 Å². The molecule has 6 nitrogen and oxygen atoms in total. The molecule has 2 fully saturated rings. The number of nitrogens with one attached hydrogen (secondary N) is 1. The van der Waals surface area contributed by atoms with Crippen molar-refractivity contribution in [2.24, 2.45) is 0 Å². The zero-order chi connectivity index (χ0) is 19.8. The highest BCUT2D eigenvalue weighted by Gasteiger charge is 2.18. The molecular weight excluding hydrogens is 354 g/mol. The van der Waals surface area contributed by atoms with Crippen LogP contribution in [0.5, 0.6) is 11.5 Å². The van der Waals surface area contributed by atoms with Gasteiger partial charge in [0.25, 0.3) is 0 Å². The van der Waals surface area contributed by atoms with Gasteiger partial charge in [0.05, 0.1) is 7.11 Å². The van der Waals surface area contributed by atoms with Crippen LogP contribution in [0.25, 0.3) is 0 Å². The fraction of sp³-hybridized carbons (Fsp3) is 0.727. The van der Waals surface area contributed by atoms with Crippen LogP contribution in [-0.2, 0) is 6.54 Å². The summed E-state index contributed by atoms with van der Waals surface area (Å²) in [4.78, 5) is 4.63. The average Bonchev–Trinajstić information content (AvgIpc) is 2.73. The maximum atomic E-state index is 10.5. The van der Waals surface area contributed by atoms with E-state index in [1.54, 1.807) is 7.11 Å². The van der Waals surface area contributed by atoms with E-state index in [4.69, 9.17) is 9.47 Å². The maximum absolute atomic E-state index is 10.5. The molecule has 1 saturated heterocycles. The summed E-state index contributed by atoms with van der Waals surface area (Å²) in [6, 6.07) is 6.58. The Morgan fingerprint density at radius 3 is 2.61 bits per heavy atom. The van der Waals surface area contributed by atoms with Gasteiger partial charge in [0.1, 0.15) is 24.2 Å². The minimum absolute atomic E-state index is 0.302. The van der Waals surface area contributed by atoms with Gasteiger partial charge in [0.15, 0.2) is 0 Å². The minimum Gasteiger partial charge on any atom is -0.497 e. The molecule has 1 heterocycles. The number of likely N-dealkylation sites (N-methyl/N-ethyl adjacent to an activating group) is 1. The first kappa shape index (κ1) is 21.4. The molecule has 0 radical (unpaired) electrons. The van der Waals surface area contributed by atoms with Crippen LogP contribution in [-0.4, -0.2) is 80.5 Å². The van der Waals surface area contributed by atoms with Gasteiger partial charge in [-0.25, -0.2) is 0 Å². The topological polar surface area (TPSA) is 57.2 Å². The molecule has 3 rings (SSSR count). The second-order valence-electron chi connectivity index (χ2n) is 8.26. The van der Waals surface area contributed by atoms with Crippen LogP contribution in [0, 0.1) is 0 Å². The van der Waals surface area contributed by atoms with E-state index in [9.17, 15) is 5.11 Å². The SMILES string of the molecule is COc1ccc(CNC2CCCCC2)c(OC[C@@H](O)CN2CCN(C)CC2)c1. The van der Waals surface area contributed by atoms with Crippen molar-refractivity contribution in [3.05, 3.63) is 23.8 Å². The Labute approximate surface area is 169 Å². The molecule has 158 valence electrons. The largest absolute Gasteiger partial charge is 0.497 e. The first-order chi connectivity index (χ1) is 13.6. The highest BCUT2D eigenvalue weighted by atomic mass is 16.5. The van der Waals surface area contributed by atoms with Crippen molar-refractivity contribution in [1.29, 1.82) is 0 Å². The predicted molar refractivity (Wildman–Crippen MR) is 112 cm³/mol. The first-order valence-electron chi connectivity index (χ1n) is 10.8. The molecule has 1 aliphatic carbocycles. The molecule has 0 aromatic heterocycles. The Bertz CT molecular complexity index is 584. The van der Waals surface area contributed by atoms with Crippen molar-refractivity contribution in [2.75, 3.05) is 53.5 Å². The molecule has 1 aliphatic heterocycles. The second kappa shape index (κ2) is 11.0. The van der Waals surface area contributed by atoms with Gasteiger partial charge in [0, 0.05) is 56.9 Å². The number of nitrogens with zero attached hydrogens (tertiary/aromatic N) is 2. The van der Waals surface area contributed by atoms with Gasteiger partial charge < -0.3 is 24.8 Å². The Kier molecular flexibility index (Phi) is 8.40. The molecule has 1 saturated carbocycles. The standard InChI is InChI=1S/C22H37N3O3/c1-24-10-12-25(13-11-24)16-20(26)17-28-22-14-21(27-2)9-8-18(22)15-23-19-6-4-3-5-7-19/h8-9,14,19-20,23,26H,3-7,10-13,15-17H2,1-2H3/t20-/m0/s1. The summed E-state index contributed by atoms with van der Waals surface area (Å²) in [6.07, 6.45) is 6.03. The fourth-order valence-corrected chi connectivity index (χ4v) is 4.07. The molecule has 0 amide bonds. The van der Waals surface area contributed by atoms with Crippen LogP contribution in [0.15, 0.2) is 18.2 Å². The summed E-state index contributed by atoms with van der Waals surface area (Å²) in [5, 5.41) is 14.1. The molecule has 1 aromatic carbocycles. The van der Waals surface area contributed by atoms with Crippen molar-refractivity contribution in [3.8, 4) is 11.5 Å². The van der Waals surface area contributed by atoms with Gasteiger partial charge in [-0.2, -0.15) is 0 Å². The summed E-state index contributed by atoms with van der Waals surface area (Å²) in [5.41, 5.74) is 1.12. The lowest BCUT2D eigenvalue weighted by molar-refractivity contribution is 0.0501. The average molecular weight is 392 g/mol. The van der Waals surface area contributed by atoms with Gasteiger partial charge in [-0.15, -0.1) is 0 Å². The maximum Gasteiger partial charge on any atom is 0.127 e. The van der Waals surface area contributed by atoms with E-state index in [1.165, 1.54) is 32.1 Å². The Balaban J connectivity index is 1.51. The fourth-order valence-electron chi connectivity index (χ4n) is 4.07. The Morgan fingerprint density at radius 2 is 1.89 bits per heavy atom. The number of hydrogen-bond acceptors (Lipinski definition) is 6. The van der Waals surface area contributed by atoms with Gasteiger partial charge in [-0.3, -0.25) is 4.90 Å². The molecule has 1 atom stereocenters. The molecule has 1 aromatic rings. The Hall–Kier alpha value is -1.34. The number of rotatable bonds is 9. The monoisotopic (exact) mass is 391 g/mol. The number of β-amino-alcohol motifs (C(OH)–C–C–N with tert-alkyl or cyclic N) is 1. The second-order valence-corrected chi connectivity index (χ2v) is 8.26. The summed E-state index contributed by atoms with van der Waals surface area (Å²) in [7, 11) is 3.81. The lowest BCUT2D eigenvalue weighted by Gasteiger charge is -2.33. The molecule has 6 heteroatoms. The molecule has 0 spiro atoms. The minimum atomic E-state index is -0.492. The van der Waals surface area contributed by atoms with E-state index in [0.29, 0.717) is 19.2 Å². The van der Waals surface area contributed by atoms with Crippen LogP contribution >= 0.6 is 0 Å². The predicted octanol–water partition coefficient (Wildman–Crippen LogP) is 2.10. The Morgan fingerprint density at radius 1 is 1.14 bits per heavy atom. The molecular formula is C22H37N3O3. The number of piperazine rings is 1. The number of aliphatic hydroxyl groups excluding tert-OH is 1. The van der Waals surface area contributed by atoms with Crippen molar-refractivity contribution in [1.82, 2.24) is 15.1 Å². The van der Waals surface area contributed by atoms with Gasteiger partial charge in [-0.1, -0.05) is 25.3 Å². The summed E-state index contributed by atoms with van der Waals surface area (Å²) in [6.45, 7) is 5.87. The van der Waals surface area contributed by atoms with Crippen LogP contribution < -0.4 is 14.8 Å². The molecule has 0 bridgehead atoms. The zero-order valence-corrected chi connectivity index (χ0v) is 17.5. The normalized spacial score (nSPS) is 20.8. The third-order valence-electron chi connectivity index (χ3n) is 5.96. The lowest BCUT2D eigenvalue weighted by atomic mass is 9.95. The summed E-state index contributed by atoms with van der Waals surface area (Å²) >= 11 is 0. The van der Waals surface area contributed by atoms with Crippen LogP contribution in [0.1, 0.15) is 37.7 Å². The van der Waals surface area contributed by atoms with Crippen LogP contribution in [0.3, 0.4) is 0 Å². The molecule has 2 aliphatic rings. The zero-order valence-electron chi connectivity index (χ0n) is 17.5. The number of benzene rings is 1. The number of aliphatic hydroxyl groups is 1. The highest BCUT2D eigenvalue weighted by molar-refractivity contribution is 5.40. The molecule has 2 N–H and O–H groups in total. The molecule has 0 unspecified atom stereocenters. The lowest BCUT2D eigenvalue weighted by Crippen LogP contribution is -2.47. The summed E-state index contributed by atoms with van der Waals surface area (Å²) in [5.74, 6) is 1.59. The van der Waals surface area contributed by atoms with Crippen LogP contribution in [0.4, 0.5) is 0 Å². The third-order valence-corrected chi connectivity index (χ3v) is 5.96. The highest BCUT2D eigenvalue weighted by Crippen LogP contribution is 2.26. The van der Waals surface area contributed by atoms with Crippen LogP contribution in [0.2, 0.25) is 0 Å². The molecule has 28 heavy (non-hydrogen) atoms. The van der Waals surface area contributed by atoms with Crippen molar-refractivity contribution >= 4 is 0 Å². The number of methoxy groups -OCH3 is 1. The van der Waals surface area contributed by atoms with Crippen molar-refractivity contribution < 1.29 is 14.6 Å². The third kappa shape index (κ3) is 6.62. The van der Waals surface area contributed by atoms with Crippen molar-refractivity contribution in [3.63, 3.8) is 0 Å². The van der Waals surface area contributed by atoms with Crippen molar-refractivity contribution in [2.45, 2.75) is 50.8 Å². The van der Waals surface area contributed by atoms with E-state index in [-0.39, 0.29) is 0 Å². The first-order valence-corrected chi connectivity index (χ1v) is 10.8. The van der Waals surface area contributed by atoms with E-state index in [2.05, 4.69) is 28.2 Å². The quantitative estimate of drug-likeness (QED) is 0.672. The number of ether oxygens (including phenoxy) is 2. The van der Waals surface area contributed by atoms with Gasteiger partial charge in [0.2, 0.25) is 0 Å².